The molecule has 0 unspecified atom stereocenters. The monoisotopic (exact) mass is 334 g/mol. The fraction of sp³-hybridized carbons (Fsp3) is 0.500. The molecule has 0 aliphatic carbocycles. The van der Waals surface area contributed by atoms with Crippen LogP contribution in [0.15, 0.2) is 24.3 Å². The van der Waals surface area contributed by atoms with E-state index in [0.717, 1.165) is 31.0 Å². The summed E-state index contributed by atoms with van der Waals surface area (Å²) >= 11 is 0. The molecule has 0 fully saturated rings. The lowest BCUT2D eigenvalue weighted by molar-refractivity contribution is -0.140. The van der Waals surface area contributed by atoms with E-state index in [0.29, 0.717) is 5.76 Å². The minimum Gasteiger partial charge on any atom is -0.544 e. The van der Waals surface area contributed by atoms with Crippen LogP contribution in [0.5, 0.6) is 0 Å². The van der Waals surface area contributed by atoms with Crippen molar-refractivity contribution in [2.45, 2.75) is 52.0 Å². The summed E-state index contributed by atoms with van der Waals surface area (Å²) in [6.45, 7) is 7.84. The summed E-state index contributed by atoms with van der Waals surface area (Å²) in [5.41, 5.74) is -1.01. The maximum Gasteiger partial charge on any atom is 0.419 e. The molecule has 0 amide bonds. The van der Waals surface area contributed by atoms with Crippen molar-refractivity contribution in [2.24, 2.45) is 0 Å². The second-order valence-electron chi connectivity index (χ2n) is 5.81. The van der Waals surface area contributed by atoms with E-state index in [1.54, 1.807) is 13.0 Å². The zero-order valence-electron chi connectivity index (χ0n) is 13.4. The highest BCUT2D eigenvalue weighted by atomic mass is 28.4. The van der Waals surface area contributed by atoms with Gasteiger partial charge in [-0.05, 0) is 50.3 Å². The molecule has 0 aliphatic rings. The standard InChI is InChI=1S/C16H22F4OSi/c1-5-7-10-22(3,4)21-15(6-2)12-8-9-14(17)13(11-12)16(18,19)20/h6,8-9,11H,5,7,10H2,1-4H3. The molecule has 0 spiro atoms. The Hall–Kier alpha value is -1.30. The zero-order valence-corrected chi connectivity index (χ0v) is 14.4. The number of benzene rings is 1. The smallest absolute Gasteiger partial charge is 0.419 e. The first-order chi connectivity index (χ1) is 10.1. The maximum atomic E-state index is 13.4. The van der Waals surface area contributed by atoms with E-state index in [1.165, 1.54) is 6.07 Å². The molecule has 1 aromatic carbocycles. The van der Waals surface area contributed by atoms with Crippen molar-refractivity contribution < 1.29 is 22.0 Å². The van der Waals surface area contributed by atoms with Gasteiger partial charge in [-0.1, -0.05) is 19.8 Å². The number of halogens is 4. The quantitative estimate of drug-likeness (QED) is 0.340. The Morgan fingerprint density at radius 3 is 2.41 bits per heavy atom. The van der Waals surface area contributed by atoms with Crippen molar-refractivity contribution in [1.82, 2.24) is 0 Å². The molecule has 0 N–H and O–H groups in total. The van der Waals surface area contributed by atoms with E-state index in [9.17, 15) is 17.6 Å². The van der Waals surface area contributed by atoms with Crippen LogP contribution in [-0.2, 0) is 10.6 Å². The number of hydrogen-bond acceptors (Lipinski definition) is 1. The highest BCUT2D eigenvalue weighted by molar-refractivity contribution is 6.71. The number of hydrogen-bond donors (Lipinski definition) is 0. The Labute approximate surface area is 130 Å². The van der Waals surface area contributed by atoms with Gasteiger partial charge in [0.25, 0.3) is 0 Å². The van der Waals surface area contributed by atoms with Gasteiger partial charge in [-0.3, -0.25) is 0 Å². The van der Waals surface area contributed by atoms with Crippen LogP contribution in [-0.4, -0.2) is 8.32 Å². The van der Waals surface area contributed by atoms with Gasteiger partial charge >= 0.3 is 6.18 Å². The molecule has 0 bridgehead atoms. The predicted molar refractivity (Wildman–Crippen MR) is 83.3 cm³/mol. The van der Waals surface area contributed by atoms with Crippen molar-refractivity contribution in [3.05, 3.63) is 41.2 Å². The molecule has 124 valence electrons. The lowest BCUT2D eigenvalue weighted by atomic mass is 10.1. The van der Waals surface area contributed by atoms with Crippen LogP contribution in [0.3, 0.4) is 0 Å². The van der Waals surface area contributed by atoms with Gasteiger partial charge in [0.2, 0.25) is 8.32 Å². The number of rotatable bonds is 6. The predicted octanol–water partition coefficient (Wildman–Crippen LogP) is 6.23. The van der Waals surface area contributed by atoms with Gasteiger partial charge in [0.1, 0.15) is 11.6 Å². The fourth-order valence-electron chi connectivity index (χ4n) is 2.13. The van der Waals surface area contributed by atoms with E-state index >= 15 is 0 Å². The number of allylic oxidation sites excluding steroid dienone is 1. The fourth-order valence-corrected chi connectivity index (χ4v) is 4.27. The van der Waals surface area contributed by atoms with Crippen molar-refractivity contribution in [3.8, 4) is 0 Å². The molecular formula is C16H22F4OSi. The second-order valence-corrected chi connectivity index (χ2v) is 10.0. The normalized spacial score (nSPS) is 13.4. The highest BCUT2D eigenvalue weighted by Gasteiger charge is 2.35. The van der Waals surface area contributed by atoms with Crippen LogP contribution in [0.4, 0.5) is 17.6 Å². The van der Waals surface area contributed by atoms with Gasteiger partial charge < -0.3 is 4.43 Å². The molecule has 0 atom stereocenters. The Bertz CT molecular complexity index is 535. The van der Waals surface area contributed by atoms with E-state index < -0.39 is 25.9 Å². The molecule has 22 heavy (non-hydrogen) atoms. The molecule has 1 nitrogen and oxygen atoms in total. The van der Waals surface area contributed by atoms with Gasteiger partial charge in [-0.25, -0.2) is 4.39 Å². The summed E-state index contributed by atoms with van der Waals surface area (Å²) in [5, 5.41) is 0. The van der Waals surface area contributed by atoms with Gasteiger partial charge in [0.15, 0.2) is 0 Å². The highest BCUT2D eigenvalue weighted by Crippen LogP contribution is 2.34. The molecule has 0 aliphatic heterocycles. The number of unbranched alkanes of at least 4 members (excludes halogenated alkanes) is 1. The van der Waals surface area contributed by atoms with Gasteiger partial charge in [-0.2, -0.15) is 13.2 Å². The third-order valence-corrected chi connectivity index (χ3v) is 5.67. The second kappa shape index (κ2) is 7.31. The average Bonchev–Trinajstić information content (AvgIpc) is 2.42. The van der Waals surface area contributed by atoms with Gasteiger partial charge in [0, 0.05) is 5.56 Å². The third-order valence-electron chi connectivity index (χ3n) is 3.34. The van der Waals surface area contributed by atoms with Crippen molar-refractivity contribution in [1.29, 1.82) is 0 Å². The van der Waals surface area contributed by atoms with E-state index in [1.807, 2.05) is 13.1 Å². The van der Waals surface area contributed by atoms with Crippen LogP contribution in [0.25, 0.3) is 5.76 Å². The van der Waals surface area contributed by atoms with Crippen molar-refractivity contribution in [2.75, 3.05) is 0 Å². The third kappa shape index (κ3) is 5.16. The van der Waals surface area contributed by atoms with E-state index in [-0.39, 0.29) is 5.56 Å². The summed E-state index contributed by atoms with van der Waals surface area (Å²) in [6.07, 6.45) is -1.02. The summed E-state index contributed by atoms with van der Waals surface area (Å²) in [6, 6.07) is 3.90. The first-order valence-corrected chi connectivity index (χ1v) is 10.4. The lowest BCUT2D eigenvalue weighted by Gasteiger charge is -2.26. The first-order valence-electron chi connectivity index (χ1n) is 7.33. The van der Waals surface area contributed by atoms with Gasteiger partial charge in [-0.15, -0.1) is 0 Å². The first kappa shape index (κ1) is 18.7. The minimum absolute atomic E-state index is 0.258. The minimum atomic E-state index is -4.71. The molecule has 0 aromatic heterocycles. The van der Waals surface area contributed by atoms with Crippen LogP contribution in [0.2, 0.25) is 19.1 Å². The molecule has 0 radical (unpaired) electrons. The zero-order chi connectivity index (χ0) is 17.0. The Balaban J connectivity index is 3.07. The molecule has 1 rings (SSSR count). The van der Waals surface area contributed by atoms with Crippen molar-refractivity contribution in [3.63, 3.8) is 0 Å². The SMILES string of the molecule is CC=C(O[Si](C)(C)CCCC)c1ccc(F)c(C(F)(F)F)c1. The van der Waals surface area contributed by atoms with Crippen LogP contribution >= 0.6 is 0 Å². The molecule has 0 saturated heterocycles. The molecule has 0 heterocycles. The molecule has 0 saturated carbocycles. The maximum absolute atomic E-state index is 13.4. The Morgan fingerprint density at radius 2 is 1.91 bits per heavy atom. The van der Waals surface area contributed by atoms with Crippen LogP contribution in [0, 0.1) is 5.82 Å². The summed E-state index contributed by atoms with van der Waals surface area (Å²) in [5.74, 6) is -0.882. The Morgan fingerprint density at radius 1 is 1.27 bits per heavy atom. The molecule has 1 aromatic rings. The molecular weight excluding hydrogens is 312 g/mol. The topological polar surface area (TPSA) is 9.23 Å². The Kier molecular flexibility index (Phi) is 6.23. The summed E-state index contributed by atoms with van der Waals surface area (Å²) < 4.78 is 57.8. The summed E-state index contributed by atoms with van der Waals surface area (Å²) in [4.78, 5) is 0. The van der Waals surface area contributed by atoms with E-state index in [2.05, 4.69) is 6.92 Å². The van der Waals surface area contributed by atoms with Gasteiger partial charge in [0.05, 0.1) is 5.56 Å². The molecule has 6 heteroatoms. The van der Waals surface area contributed by atoms with Crippen molar-refractivity contribution >= 4 is 14.1 Å². The van der Waals surface area contributed by atoms with E-state index in [4.69, 9.17) is 4.43 Å². The summed E-state index contributed by atoms with van der Waals surface area (Å²) in [7, 11) is -2.01. The van der Waals surface area contributed by atoms with Crippen LogP contribution in [0.1, 0.15) is 37.8 Å². The largest absolute Gasteiger partial charge is 0.544 e. The van der Waals surface area contributed by atoms with Crippen LogP contribution < -0.4 is 0 Å². The lowest BCUT2D eigenvalue weighted by Crippen LogP contribution is -2.29. The number of alkyl halides is 3. The average molecular weight is 334 g/mol.